The minimum Gasteiger partial charge on any atom is -0.456 e. The highest BCUT2D eigenvalue weighted by Crippen LogP contribution is 2.20. The Morgan fingerprint density at radius 2 is 1.78 bits per heavy atom. The molecule has 1 amide bonds. The van der Waals surface area contributed by atoms with Gasteiger partial charge < -0.3 is 10.1 Å². The van der Waals surface area contributed by atoms with Crippen molar-refractivity contribution >= 4 is 27.6 Å². The minimum atomic E-state index is -0.232. The minimum absolute atomic E-state index is 0.0168. The standard InChI is InChI=1S/C21H17BrN2O3/c22-17-4-1-3-16(13-17)20(25)10-12-24-21(26)15-6-8-18(9-7-15)27-19-5-2-11-23-14-19/h1-9,11,13-14H,10,12H2,(H,24,26). The number of ketones is 1. The molecule has 0 aliphatic carbocycles. The molecule has 5 nitrogen and oxygen atoms in total. The Bertz CT molecular complexity index is 928. The molecule has 3 aromatic rings. The fourth-order valence-corrected chi connectivity index (χ4v) is 2.82. The van der Waals surface area contributed by atoms with Crippen molar-refractivity contribution in [2.45, 2.75) is 6.42 Å². The van der Waals surface area contributed by atoms with Crippen molar-refractivity contribution < 1.29 is 14.3 Å². The molecule has 1 heterocycles. The van der Waals surface area contributed by atoms with E-state index in [0.717, 1.165) is 4.47 Å². The van der Waals surface area contributed by atoms with Crippen LogP contribution in [0, 0.1) is 0 Å². The topological polar surface area (TPSA) is 68.3 Å². The second kappa shape index (κ2) is 9.09. The van der Waals surface area contributed by atoms with E-state index in [1.807, 2.05) is 12.1 Å². The van der Waals surface area contributed by atoms with Crippen LogP contribution in [0.25, 0.3) is 0 Å². The number of amides is 1. The number of rotatable bonds is 7. The van der Waals surface area contributed by atoms with Gasteiger partial charge in [0.15, 0.2) is 5.78 Å². The van der Waals surface area contributed by atoms with Gasteiger partial charge in [0, 0.05) is 34.8 Å². The van der Waals surface area contributed by atoms with Crippen molar-refractivity contribution in [3.63, 3.8) is 0 Å². The molecule has 1 N–H and O–H groups in total. The number of aromatic nitrogens is 1. The number of ether oxygens (including phenoxy) is 1. The average Bonchev–Trinajstić information content (AvgIpc) is 2.69. The third kappa shape index (κ3) is 5.49. The summed E-state index contributed by atoms with van der Waals surface area (Å²) >= 11 is 3.34. The number of halogens is 1. The Labute approximate surface area is 165 Å². The van der Waals surface area contributed by atoms with Gasteiger partial charge in [-0.15, -0.1) is 0 Å². The van der Waals surface area contributed by atoms with Gasteiger partial charge in [-0.25, -0.2) is 0 Å². The van der Waals surface area contributed by atoms with Crippen LogP contribution in [0.2, 0.25) is 0 Å². The summed E-state index contributed by atoms with van der Waals surface area (Å²) in [5.41, 5.74) is 1.12. The van der Waals surface area contributed by atoms with Crippen LogP contribution in [0.4, 0.5) is 0 Å². The summed E-state index contributed by atoms with van der Waals surface area (Å²) in [6.07, 6.45) is 3.52. The van der Waals surface area contributed by atoms with Gasteiger partial charge in [-0.05, 0) is 48.5 Å². The lowest BCUT2D eigenvalue weighted by molar-refractivity contribution is 0.0940. The average molecular weight is 425 g/mol. The highest BCUT2D eigenvalue weighted by Gasteiger charge is 2.09. The maximum absolute atomic E-state index is 12.2. The maximum Gasteiger partial charge on any atom is 0.251 e. The van der Waals surface area contributed by atoms with Crippen molar-refractivity contribution in [1.29, 1.82) is 0 Å². The molecule has 0 fully saturated rings. The van der Waals surface area contributed by atoms with Crippen molar-refractivity contribution in [2.24, 2.45) is 0 Å². The third-order valence-electron chi connectivity index (χ3n) is 3.77. The molecule has 136 valence electrons. The number of Topliss-reactive ketones (excluding diaryl/α,β-unsaturated/α-hetero) is 1. The molecular formula is C21H17BrN2O3. The maximum atomic E-state index is 12.2. The van der Waals surface area contributed by atoms with Crippen LogP contribution in [0.15, 0.2) is 77.5 Å². The lowest BCUT2D eigenvalue weighted by Crippen LogP contribution is -2.26. The van der Waals surface area contributed by atoms with E-state index in [1.54, 1.807) is 60.9 Å². The second-order valence-corrected chi connectivity index (χ2v) is 6.67. The third-order valence-corrected chi connectivity index (χ3v) is 4.26. The molecule has 3 rings (SSSR count). The summed E-state index contributed by atoms with van der Waals surface area (Å²) in [6, 6.07) is 17.6. The molecule has 0 saturated heterocycles. The number of nitrogens with zero attached hydrogens (tertiary/aromatic N) is 1. The van der Waals surface area contributed by atoms with Gasteiger partial charge in [-0.1, -0.05) is 28.1 Å². The Kier molecular flexibility index (Phi) is 6.33. The lowest BCUT2D eigenvalue weighted by atomic mass is 10.1. The summed E-state index contributed by atoms with van der Waals surface area (Å²) in [4.78, 5) is 28.3. The summed E-state index contributed by atoms with van der Waals surface area (Å²) in [5.74, 6) is 0.993. The van der Waals surface area contributed by atoms with E-state index in [-0.39, 0.29) is 24.7 Å². The Morgan fingerprint density at radius 1 is 0.963 bits per heavy atom. The number of carbonyl (C=O) groups is 2. The highest BCUT2D eigenvalue weighted by atomic mass is 79.9. The number of pyridine rings is 1. The van der Waals surface area contributed by atoms with Gasteiger partial charge in [-0.3, -0.25) is 14.6 Å². The first-order valence-corrected chi connectivity index (χ1v) is 9.16. The molecule has 0 saturated carbocycles. The first-order valence-electron chi connectivity index (χ1n) is 8.37. The van der Waals surface area contributed by atoms with E-state index in [1.165, 1.54) is 0 Å². The molecular weight excluding hydrogens is 408 g/mol. The molecule has 1 aromatic heterocycles. The van der Waals surface area contributed by atoms with Crippen LogP contribution < -0.4 is 10.1 Å². The molecule has 6 heteroatoms. The van der Waals surface area contributed by atoms with Crippen LogP contribution in [0.1, 0.15) is 27.1 Å². The predicted molar refractivity (Wildman–Crippen MR) is 106 cm³/mol. The SMILES string of the molecule is O=C(CCNC(=O)c1ccc(Oc2cccnc2)cc1)c1cccc(Br)c1. The number of nitrogens with one attached hydrogen (secondary N) is 1. The molecule has 2 aromatic carbocycles. The van der Waals surface area contributed by atoms with Crippen molar-refractivity contribution in [2.75, 3.05) is 6.54 Å². The zero-order chi connectivity index (χ0) is 19.1. The Hall–Kier alpha value is -2.99. The molecule has 27 heavy (non-hydrogen) atoms. The zero-order valence-electron chi connectivity index (χ0n) is 14.4. The molecule has 0 bridgehead atoms. The van der Waals surface area contributed by atoms with Gasteiger partial charge in [0.25, 0.3) is 5.91 Å². The van der Waals surface area contributed by atoms with Gasteiger partial charge in [0.1, 0.15) is 11.5 Å². The van der Waals surface area contributed by atoms with Crippen molar-refractivity contribution in [3.05, 3.63) is 88.7 Å². The van der Waals surface area contributed by atoms with Crippen LogP contribution in [-0.4, -0.2) is 23.2 Å². The first kappa shape index (κ1) is 18.8. The van der Waals surface area contributed by atoms with Crippen LogP contribution in [0.5, 0.6) is 11.5 Å². The summed E-state index contributed by atoms with van der Waals surface area (Å²) in [5, 5.41) is 2.76. The summed E-state index contributed by atoms with van der Waals surface area (Å²) in [6.45, 7) is 0.276. The van der Waals surface area contributed by atoms with Gasteiger partial charge in [0.2, 0.25) is 0 Å². The quantitative estimate of drug-likeness (QED) is 0.560. The number of carbonyl (C=O) groups excluding carboxylic acids is 2. The number of benzene rings is 2. The summed E-state index contributed by atoms with van der Waals surface area (Å²) in [7, 11) is 0. The molecule has 0 radical (unpaired) electrons. The van der Waals surface area contributed by atoms with Crippen molar-refractivity contribution in [1.82, 2.24) is 10.3 Å². The molecule has 0 spiro atoms. The van der Waals surface area contributed by atoms with E-state index in [2.05, 4.69) is 26.2 Å². The smallest absolute Gasteiger partial charge is 0.251 e. The largest absolute Gasteiger partial charge is 0.456 e. The normalized spacial score (nSPS) is 10.3. The monoisotopic (exact) mass is 424 g/mol. The van der Waals surface area contributed by atoms with E-state index in [0.29, 0.717) is 22.6 Å². The lowest BCUT2D eigenvalue weighted by Gasteiger charge is -2.07. The molecule has 0 atom stereocenters. The fourth-order valence-electron chi connectivity index (χ4n) is 2.42. The Balaban J connectivity index is 1.50. The van der Waals surface area contributed by atoms with E-state index in [4.69, 9.17) is 4.74 Å². The molecule has 0 unspecified atom stereocenters. The first-order chi connectivity index (χ1) is 13.1. The predicted octanol–water partition coefficient (Wildman–Crippen LogP) is 4.64. The molecule has 0 aliphatic rings. The second-order valence-electron chi connectivity index (χ2n) is 5.75. The fraction of sp³-hybridized carbons (Fsp3) is 0.0952. The van der Waals surface area contributed by atoms with Gasteiger partial charge >= 0.3 is 0 Å². The van der Waals surface area contributed by atoms with Gasteiger partial charge in [0.05, 0.1) is 6.20 Å². The number of hydrogen-bond donors (Lipinski definition) is 1. The van der Waals surface area contributed by atoms with Gasteiger partial charge in [-0.2, -0.15) is 0 Å². The van der Waals surface area contributed by atoms with Crippen LogP contribution in [0.3, 0.4) is 0 Å². The van der Waals surface area contributed by atoms with E-state index < -0.39 is 0 Å². The van der Waals surface area contributed by atoms with Crippen molar-refractivity contribution in [3.8, 4) is 11.5 Å². The van der Waals surface area contributed by atoms with E-state index in [9.17, 15) is 9.59 Å². The molecule has 0 aliphatic heterocycles. The Morgan fingerprint density at radius 3 is 2.48 bits per heavy atom. The van der Waals surface area contributed by atoms with Crippen LogP contribution >= 0.6 is 15.9 Å². The highest BCUT2D eigenvalue weighted by molar-refractivity contribution is 9.10. The zero-order valence-corrected chi connectivity index (χ0v) is 16.0. The van der Waals surface area contributed by atoms with Crippen LogP contribution in [-0.2, 0) is 0 Å². The van der Waals surface area contributed by atoms with E-state index >= 15 is 0 Å². The number of hydrogen-bond acceptors (Lipinski definition) is 4. The summed E-state index contributed by atoms with van der Waals surface area (Å²) < 4.78 is 6.49.